The Bertz CT molecular complexity index is 937. The van der Waals surface area contributed by atoms with Crippen molar-refractivity contribution in [1.29, 1.82) is 0 Å². The summed E-state index contributed by atoms with van der Waals surface area (Å²) < 4.78 is 56.9. The normalized spacial score (nSPS) is 10.9. The summed E-state index contributed by atoms with van der Waals surface area (Å²) in [5.74, 6) is -1.53. The van der Waals surface area contributed by atoms with Crippen LogP contribution in [0.5, 0.6) is 11.5 Å². The number of hydrogen-bond acceptors (Lipinski definition) is 5. The van der Waals surface area contributed by atoms with E-state index < -0.39 is 24.1 Å². The van der Waals surface area contributed by atoms with Crippen molar-refractivity contribution in [3.05, 3.63) is 64.0 Å². The SMILES string of the molecule is COc1ccc(-c2nsc(CF)c2COc2c(F)cc(CCCO)cc2F)cc1. The van der Waals surface area contributed by atoms with Gasteiger partial charge in [0.1, 0.15) is 19.0 Å². The molecular formula is C21H20F3NO3S. The number of alkyl halides is 1. The minimum absolute atomic E-state index is 0.0627. The molecule has 154 valence electrons. The molecular weight excluding hydrogens is 403 g/mol. The lowest BCUT2D eigenvalue weighted by Gasteiger charge is -2.11. The van der Waals surface area contributed by atoms with Crippen molar-refractivity contribution in [3.8, 4) is 22.8 Å². The van der Waals surface area contributed by atoms with Gasteiger partial charge >= 0.3 is 0 Å². The number of aliphatic hydroxyl groups excluding tert-OH is 1. The summed E-state index contributed by atoms with van der Waals surface area (Å²) in [5, 5.41) is 8.85. The van der Waals surface area contributed by atoms with Gasteiger partial charge in [0.2, 0.25) is 0 Å². The molecule has 0 fully saturated rings. The van der Waals surface area contributed by atoms with Crippen LogP contribution in [0.15, 0.2) is 36.4 Å². The minimum atomic E-state index is -0.839. The fraction of sp³-hybridized carbons (Fsp3) is 0.286. The van der Waals surface area contributed by atoms with Crippen LogP contribution in [0.4, 0.5) is 13.2 Å². The van der Waals surface area contributed by atoms with Gasteiger partial charge in [-0.05, 0) is 66.3 Å². The standard InChI is InChI=1S/C21H20F3NO3S/c1-27-15-6-4-14(5-7-15)20-16(19(11-22)29-25-20)12-28-21-17(23)9-13(3-2-8-26)10-18(21)24/h4-7,9-10,26H,2-3,8,11-12H2,1H3. The summed E-state index contributed by atoms with van der Waals surface area (Å²) >= 11 is 0.989. The fourth-order valence-corrected chi connectivity index (χ4v) is 3.63. The van der Waals surface area contributed by atoms with Crippen molar-refractivity contribution in [1.82, 2.24) is 4.37 Å². The summed E-state index contributed by atoms with van der Waals surface area (Å²) in [6.07, 6.45) is 0.761. The predicted octanol–water partition coefficient (Wildman–Crippen LogP) is 5.07. The first-order valence-electron chi connectivity index (χ1n) is 8.96. The van der Waals surface area contributed by atoms with Crippen molar-refractivity contribution in [2.24, 2.45) is 0 Å². The van der Waals surface area contributed by atoms with E-state index in [9.17, 15) is 13.2 Å². The highest BCUT2D eigenvalue weighted by Crippen LogP contribution is 2.32. The molecule has 1 N–H and O–H groups in total. The van der Waals surface area contributed by atoms with Gasteiger partial charge in [0.05, 0.1) is 17.7 Å². The van der Waals surface area contributed by atoms with E-state index in [1.165, 1.54) is 12.1 Å². The van der Waals surface area contributed by atoms with Crippen molar-refractivity contribution < 1.29 is 27.8 Å². The Morgan fingerprint density at radius 1 is 1.10 bits per heavy atom. The van der Waals surface area contributed by atoms with E-state index in [2.05, 4.69) is 4.37 Å². The second-order valence-electron chi connectivity index (χ2n) is 6.30. The lowest BCUT2D eigenvalue weighted by atomic mass is 10.1. The lowest BCUT2D eigenvalue weighted by Crippen LogP contribution is -2.03. The molecule has 3 aromatic rings. The van der Waals surface area contributed by atoms with Crippen LogP contribution < -0.4 is 9.47 Å². The van der Waals surface area contributed by atoms with Crippen molar-refractivity contribution in [2.75, 3.05) is 13.7 Å². The number of hydrogen-bond donors (Lipinski definition) is 1. The summed E-state index contributed by atoms with van der Waals surface area (Å²) in [5.41, 5.74) is 2.11. The van der Waals surface area contributed by atoms with Gasteiger partial charge in [-0.15, -0.1) is 0 Å². The molecule has 0 amide bonds. The fourth-order valence-electron chi connectivity index (χ4n) is 2.89. The maximum atomic E-state index is 14.3. The first-order valence-corrected chi connectivity index (χ1v) is 9.74. The van der Waals surface area contributed by atoms with E-state index in [1.807, 2.05) is 0 Å². The Kier molecular flexibility index (Phi) is 7.11. The largest absolute Gasteiger partial charge is 0.497 e. The zero-order valence-corrected chi connectivity index (χ0v) is 16.6. The summed E-state index contributed by atoms with van der Waals surface area (Å²) in [7, 11) is 1.55. The van der Waals surface area contributed by atoms with Crippen molar-refractivity contribution in [2.45, 2.75) is 26.1 Å². The van der Waals surface area contributed by atoms with Gasteiger partial charge in [0.15, 0.2) is 17.4 Å². The van der Waals surface area contributed by atoms with E-state index >= 15 is 0 Å². The number of rotatable bonds is 9. The van der Waals surface area contributed by atoms with Gasteiger partial charge in [0, 0.05) is 17.7 Å². The second kappa shape index (κ2) is 9.76. The number of aryl methyl sites for hydroxylation is 1. The molecule has 0 aliphatic heterocycles. The average molecular weight is 423 g/mol. The van der Waals surface area contributed by atoms with Crippen LogP contribution in [0.25, 0.3) is 11.3 Å². The number of benzene rings is 2. The summed E-state index contributed by atoms with van der Waals surface area (Å²) in [4.78, 5) is 0.344. The molecule has 3 rings (SSSR count). The smallest absolute Gasteiger partial charge is 0.191 e. The van der Waals surface area contributed by atoms with E-state index in [0.717, 1.165) is 17.1 Å². The molecule has 2 aromatic carbocycles. The monoisotopic (exact) mass is 423 g/mol. The Balaban J connectivity index is 1.84. The molecule has 0 aliphatic rings. The summed E-state index contributed by atoms with van der Waals surface area (Å²) in [6.45, 7) is -1.04. The molecule has 0 unspecified atom stereocenters. The van der Waals surface area contributed by atoms with Crippen LogP contribution in [0.1, 0.15) is 22.4 Å². The number of methoxy groups -OCH3 is 1. The van der Waals surface area contributed by atoms with E-state index in [-0.39, 0.29) is 13.2 Å². The quantitative estimate of drug-likeness (QED) is 0.522. The number of aromatic nitrogens is 1. The molecule has 0 aliphatic carbocycles. The van der Waals surface area contributed by atoms with Gasteiger partial charge in [-0.3, -0.25) is 0 Å². The molecule has 1 heterocycles. The van der Waals surface area contributed by atoms with Crippen LogP contribution in [-0.2, 0) is 19.7 Å². The number of nitrogens with zero attached hydrogens (tertiary/aromatic N) is 1. The maximum absolute atomic E-state index is 14.3. The third kappa shape index (κ3) is 4.89. The topological polar surface area (TPSA) is 51.6 Å². The van der Waals surface area contributed by atoms with Gasteiger partial charge in [0.25, 0.3) is 0 Å². The first-order chi connectivity index (χ1) is 14.1. The highest BCUT2D eigenvalue weighted by atomic mass is 32.1. The molecule has 0 saturated carbocycles. The Hall–Kier alpha value is -2.58. The molecule has 8 heteroatoms. The van der Waals surface area contributed by atoms with Crippen molar-refractivity contribution >= 4 is 11.5 Å². The Morgan fingerprint density at radius 3 is 2.38 bits per heavy atom. The zero-order chi connectivity index (χ0) is 20.8. The Labute approximate surface area is 170 Å². The molecule has 4 nitrogen and oxygen atoms in total. The number of ether oxygens (including phenoxy) is 2. The van der Waals surface area contributed by atoms with Gasteiger partial charge < -0.3 is 14.6 Å². The van der Waals surface area contributed by atoms with Crippen LogP contribution in [-0.4, -0.2) is 23.2 Å². The molecule has 1 aromatic heterocycles. The predicted molar refractivity (Wildman–Crippen MR) is 105 cm³/mol. The highest BCUT2D eigenvalue weighted by molar-refractivity contribution is 7.06. The maximum Gasteiger partial charge on any atom is 0.191 e. The second-order valence-corrected chi connectivity index (χ2v) is 7.16. The first kappa shape index (κ1) is 21.1. The average Bonchev–Trinajstić information content (AvgIpc) is 3.14. The van der Waals surface area contributed by atoms with E-state index in [4.69, 9.17) is 14.6 Å². The zero-order valence-electron chi connectivity index (χ0n) is 15.8. The van der Waals surface area contributed by atoms with Crippen molar-refractivity contribution in [3.63, 3.8) is 0 Å². The number of aliphatic hydroxyl groups is 1. The minimum Gasteiger partial charge on any atom is -0.497 e. The molecule has 0 radical (unpaired) electrons. The molecule has 0 saturated heterocycles. The van der Waals surface area contributed by atoms with Crippen LogP contribution in [0, 0.1) is 11.6 Å². The van der Waals surface area contributed by atoms with E-state index in [0.29, 0.717) is 40.3 Å². The van der Waals surface area contributed by atoms with Gasteiger partial charge in [-0.2, -0.15) is 4.37 Å². The lowest BCUT2D eigenvalue weighted by molar-refractivity contribution is 0.272. The highest BCUT2D eigenvalue weighted by Gasteiger charge is 2.19. The van der Waals surface area contributed by atoms with Gasteiger partial charge in [-0.25, -0.2) is 13.2 Å². The third-order valence-corrected chi connectivity index (χ3v) is 5.25. The third-order valence-electron chi connectivity index (χ3n) is 4.40. The summed E-state index contributed by atoms with van der Waals surface area (Å²) in [6, 6.07) is 9.41. The van der Waals surface area contributed by atoms with Crippen LogP contribution >= 0.6 is 11.5 Å². The van der Waals surface area contributed by atoms with Gasteiger partial charge in [-0.1, -0.05) is 0 Å². The van der Waals surface area contributed by atoms with E-state index in [1.54, 1.807) is 31.4 Å². The molecule has 0 spiro atoms. The number of halogens is 3. The van der Waals surface area contributed by atoms with Crippen LogP contribution in [0.3, 0.4) is 0 Å². The molecule has 0 atom stereocenters. The van der Waals surface area contributed by atoms with Crippen LogP contribution in [0.2, 0.25) is 0 Å². The molecule has 29 heavy (non-hydrogen) atoms. The molecule has 0 bridgehead atoms. The Morgan fingerprint density at radius 2 is 1.79 bits per heavy atom.